The monoisotopic (exact) mass is 242 g/mol. The summed E-state index contributed by atoms with van der Waals surface area (Å²) in [7, 11) is -1.15. The summed E-state index contributed by atoms with van der Waals surface area (Å²) in [6, 6.07) is 4.80. The van der Waals surface area contributed by atoms with E-state index in [-0.39, 0.29) is 16.3 Å². The van der Waals surface area contributed by atoms with Gasteiger partial charge in [-0.15, -0.1) is 0 Å². The van der Waals surface area contributed by atoms with Crippen LogP contribution in [0.15, 0.2) is 23.0 Å². The summed E-state index contributed by atoms with van der Waals surface area (Å²) in [4.78, 5) is 13.8. The second-order valence-corrected chi connectivity index (χ2v) is 6.69. The molecule has 2 unspecified atom stereocenters. The predicted molar refractivity (Wildman–Crippen MR) is 66.5 cm³/mol. The van der Waals surface area contributed by atoms with Crippen molar-refractivity contribution in [1.82, 2.24) is 9.71 Å². The average Bonchev–Trinajstić information content (AvgIpc) is 2.16. The molecule has 0 aliphatic heterocycles. The van der Waals surface area contributed by atoms with Crippen molar-refractivity contribution < 1.29 is 4.21 Å². The maximum atomic E-state index is 11.8. The van der Waals surface area contributed by atoms with E-state index >= 15 is 0 Å². The Morgan fingerprint density at radius 2 is 2.00 bits per heavy atom. The van der Waals surface area contributed by atoms with Crippen LogP contribution in [0.5, 0.6) is 0 Å². The Labute approximate surface area is 98.1 Å². The highest BCUT2D eigenvalue weighted by Crippen LogP contribution is 2.14. The van der Waals surface area contributed by atoms with Crippen LogP contribution in [0.2, 0.25) is 0 Å². The lowest BCUT2D eigenvalue weighted by molar-refractivity contribution is 0.611. The number of hydrogen-bond donors (Lipinski definition) is 2. The van der Waals surface area contributed by atoms with Gasteiger partial charge >= 0.3 is 0 Å². The molecule has 0 fully saturated rings. The number of aromatic amines is 1. The van der Waals surface area contributed by atoms with Gasteiger partial charge in [0.15, 0.2) is 0 Å². The number of pyridine rings is 1. The highest BCUT2D eigenvalue weighted by molar-refractivity contribution is 7.84. The Morgan fingerprint density at radius 3 is 2.50 bits per heavy atom. The molecule has 2 atom stereocenters. The summed E-state index contributed by atoms with van der Waals surface area (Å²) in [5, 5.41) is 0. The summed E-state index contributed by atoms with van der Waals surface area (Å²) >= 11 is 0. The Morgan fingerprint density at radius 1 is 1.38 bits per heavy atom. The lowest BCUT2D eigenvalue weighted by atomic mass is 10.2. The number of nitrogens with one attached hydrogen (secondary N) is 2. The van der Waals surface area contributed by atoms with Crippen molar-refractivity contribution in [2.45, 2.75) is 38.5 Å². The van der Waals surface area contributed by atoms with Gasteiger partial charge in [-0.3, -0.25) is 4.79 Å². The lowest BCUT2D eigenvalue weighted by Crippen LogP contribution is -2.35. The van der Waals surface area contributed by atoms with Gasteiger partial charge in [0.05, 0.1) is 21.8 Å². The molecular formula is C11H18N2O2S. The maximum Gasteiger partial charge on any atom is 0.248 e. The molecule has 1 aromatic rings. The van der Waals surface area contributed by atoms with E-state index in [1.54, 1.807) is 12.1 Å². The third-order valence-corrected chi connectivity index (χ3v) is 3.78. The van der Waals surface area contributed by atoms with Crippen LogP contribution in [0, 0.1) is 0 Å². The normalized spacial score (nSPS) is 15.8. The van der Waals surface area contributed by atoms with E-state index in [0.29, 0.717) is 0 Å². The largest absolute Gasteiger partial charge is 0.325 e. The molecule has 0 saturated heterocycles. The zero-order chi connectivity index (χ0) is 12.3. The van der Waals surface area contributed by atoms with Crippen LogP contribution >= 0.6 is 0 Å². The second kappa shape index (κ2) is 4.93. The fourth-order valence-corrected chi connectivity index (χ4v) is 1.92. The summed E-state index contributed by atoms with van der Waals surface area (Å²) in [5.74, 6) is 0. The van der Waals surface area contributed by atoms with Crippen molar-refractivity contribution in [3.05, 3.63) is 34.2 Å². The fourth-order valence-electron chi connectivity index (χ4n) is 1.12. The lowest BCUT2D eigenvalue weighted by Gasteiger charge is -2.21. The topological polar surface area (TPSA) is 62.0 Å². The second-order valence-electron chi connectivity index (χ2n) is 4.69. The van der Waals surface area contributed by atoms with Crippen LogP contribution in [0.3, 0.4) is 0 Å². The molecule has 0 aliphatic rings. The van der Waals surface area contributed by atoms with E-state index in [9.17, 15) is 9.00 Å². The van der Waals surface area contributed by atoms with Crippen LogP contribution in [0.25, 0.3) is 0 Å². The van der Waals surface area contributed by atoms with Gasteiger partial charge in [0.25, 0.3) is 0 Å². The van der Waals surface area contributed by atoms with E-state index in [4.69, 9.17) is 0 Å². The van der Waals surface area contributed by atoms with Gasteiger partial charge in [-0.2, -0.15) is 0 Å². The van der Waals surface area contributed by atoms with Crippen molar-refractivity contribution in [2.75, 3.05) is 0 Å². The van der Waals surface area contributed by atoms with Crippen LogP contribution in [0.1, 0.15) is 39.4 Å². The molecule has 2 N–H and O–H groups in total. The highest BCUT2D eigenvalue weighted by atomic mass is 32.2. The zero-order valence-electron chi connectivity index (χ0n) is 10.0. The molecule has 1 rings (SSSR count). The van der Waals surface area contributed by atoms with Crippen molar-refractivity contribution in [3.63, 3.8) is 0 Å². The van der Waals surface area contributed by atoms with Crippen LogP contribution in [-0.2, 0) is 11.0 Å². The molecule has 16 heavy (non-hydrogen) atoms. The fraction of sp³-hybridized carbons (Fsp3) is 0.545. The summed E-state index contributed by atoms with van der Waals surface area (Å²) in [6.07, 6.45) is 0. The molecule has 0 radical (unpaired) electrons. The van der Waals surface area contributed by atoms with Gasteiger partial charge in [-0.05, 0) is 33.8 Å². The predicted octanol–water partition coefficient (Wildman–Crippen LogP) is 1.49. The molecule has 0 spiro atoms. The number of aromatic nitrogens is 1. The van der Waals surface area contributed by atoms with E-state index in [1.807, 2.05) is 27.7 Å². The van der Waals surface area contributed by atoms with Crippen molar-refractivity contribution in [3.8, 4) is 0 Å². The minimum Gasteiger partial charge on any atom is -0.325 e. The molecule has 1 aromatic heterocycles. The molecule has 0 saturated carbocycles. The van der Waals surface area contributed by atoms with Crippen LogP contribution in [0.4, 0.5) is 0 Å². The van der Waals surface area contributed by atoms with Gasteiger partial charge in [-0.25, -0.2) is 8.93 Å². The van der Waals surface area contributed by atoms with Gasteiger partial charge in [0, 0.05) is 11.8 Å². The van der Waals surface area contributed by atoms with E-state index in [0.717, 1.165) is 5.69 Å². The number of hydrogen-bond acceptors (Lipinski definition) is 2. The van der Waals surface area contributed by atoms with Gasteiger partial charge < -0.3 is 4.98 Å². The van der Waals surface area contributed by atoms with Gasteiger partial charge in [0.1, 0.15) is 0 Å². The van der Waals surface area contributed by atoms with Crippen LogP contribution < -0.4 is 10.3 Å². The Balaban J connectivity index is 2.77. The van der Waals surface area contributed by atoms with Crippen molar-refractivity contribution >= 4 is 11.0 Å². The molecular weight excluding hydrogens is 224 g/mol. The van der Waals surface area contributed by atoms with E-state index in [1.165, 1.54) is 6.07 Å². The third-order valence-electron chi connectivity index (χ3n) is 2.10. The Kier molecular flexibility index (Phi) is 4.04. The van der Waals surface area contributed by atoms with Crippen molar-refractivity contribution in [2.24, 2.45) is 0 Å². The first-order valence-corrected chi connectivity index (χ1v) is 6.33. The molecule has 4 nitrogen and oxygen atoms in total. The molecule has 5 heteroatoms. The van der Waals surface area contributed by atoms with E-state index in [2.05, 4.69) is 9.71 Å². The quantitative estimate of drug-likeness (QED) is 0.843. The molecule has 0 amide bonds. The third kappa shape index (κ3) is 3.57. The first-order chi connectivity index (χ1) is 7.30. The Hall–Kier alpha value is -0.940. The molecule has 0 aliphatic carbocycles. The maximum absolute atomic E-state index is 11.8. The molecule has 1 heterocycles. The SMILES string of the molecule is CC(NS(=O)C(C)(C)C)c1cccc(=O)[nH]1. The summed E-state index contributed by atoms with van der Waals surface area (Å²) in [5.41, 5.74) is 0.595. The smallest absolute Gasteiger partial charge is 0.248 e. The highest BCUT2D eigenvalue weighted by Gasteiger charge is 2.21. The Bertz CT molecular complexity index is 434. The summed E-state index contributed by atoms with van der Waals surface area (Å²) in [6.45, 7) is 7.57. The minimum absolute atomic E-state index is 0.144. The van der Waals surface area contributed by atoms with Gasteiger partial charge in [-0.1, -0.05) is 6.07 Å². The van der Waals surface area contributed by atoms with Crippen LogP contribution in [-0.4, -0.2) is 13.9 Å². The summed E-state index contributed by atoms with van der Waals surface area (Å²) < 4.78 is 14.5. The molecule has 90 valence electrons. The first-order valence-electron chi connectivity index (χ1n) is 5.18. The average molecular weight is 242 g/mol. The first kappa shape index (κ1) is 13.1. The molecule has 0 bridgehead atoms. The van der Waals surface area contributed by atoms with Crippen molar-refractivity contribution in [1.29, 1.82) is 0 Å². The molecule has 0 aromatic carbocycles. The zero-order valence-corrected chi connectivity index (χ0v) is 10.9. The van der Waals surface area contributed by atoms with E-state index < -0.39 is 11.0 Å². The number of H-pyrrole nitrogens is 1. The number of rotatable bonds is 3. The standard InChI is InChI=1S/C11H18N2O2S/c1-8(13-16(15)11(2,3)4)9-6-5-7-10(14)12-9/h5-8,13H,1-4H3,(H,12,14). The van der Waals surface area contributed by atoms with Gasteiger partial charge in [0.2, 0.25) is 5.56 Å². The minimum atomic E-state index is -1.15.